The average molecular weight is 290 g/mol. The maximum Gasteiger partial charge on any atom is 0.245 e. The number of benzene rings is 1. The number of amides is 1. The summed E-state index contributed by atoms with van der Waals surface area (Å²) < 4.78 is 5.60. The van der Waals surface area contributed by atoms with Gasteiger partial charge in [-0.3, -0.25) is 10.1 Å². The predicted octanol–water partition coefficient (Wildman–Crippen LogP) is 2.71. The summed E-state index contributed by atoms with van der Waals surface area (Å²) >= 11 is 0. The van der Waals surface area contributed by atoms with Gasteiger partial charge in [0.05, 0.1) is 18.9 Å². The Hall–Kier alpha value is -1.39. The number of rotatable bonds is 7. The van der Waals surface area contributed by atoms with Crippen LogP contribution in [0.2, 0.25) is 0 Å². The Morgan fingerprint density at radius 2 is 2.00 bits per heavy atom. The summed E-state index contributed by atoms with van der Waals surface area (Å²) in [5, 5.41) is 3.47. The molecule has 1 aliphatic rings. The van der Waals surface area contributed by atoms with E-state index in [-0.39, 0.29) is 24.2 Å². The van der Waals surface area contributed by atoms with Crippen LogP contribution in [0.4, 0.5) is 0 Å². The Labute approximate surface area is 127 Å². The highest BCUT2D eigenvalue weighted by atomic mass is 16.5. The lowest BCUT2D eigenvalue weighted by Crippen LogP contribution is -2.39. The zero-order valence-corrected chi connectivity index (χ0v) is 13.2. The van der Waals surface area contributed by atoms with Crippen LogP contribution in [0.3, 0.4) is 0 Å². The van der Waals surface area contributed by atoms with Crippen LogP contribution in [0.25, 0.3) is 0 Å². The van der Waals surface area contributed by atoms with Gasteiger partial charge in [-0.1, -0.05) is 43.7 Å². The van der Waals surface area contributed by atoms with Crippen LogP contribution in [0, 0.1) is 0 Å². The van der Waals surface area contributed by atoms with Crippen LogP contribution in [0.15, 0.2) is 30.3 Å². The molecule has 0 aliphatic carbocycles. The smallest absolute Gasteiger partial charge is 0.245 e. The molecule has 4 heteroatoms. The highest BCUT2D eigenvalue weighted by Gasteiger charge is 2.38. The first-order valence-electron chi connectivity index (χ1n) is 7.86. The van der Waals surface area contributed by atoms with Gasteiger partial charge in [-0.15, -0.1) is 0 Å². The number of nitrogens with zero attached hydrogens (tertiary/aromatic N) is 1. The summed E-state index contributed by atoms with van der Waals surface area (Å²) in [5.74, 6) is 0.159. The number of hydrogen-bond acceptors (Lipinski definition) is 3. The lowest BCUT2D eigenvalue weighted by Gasteiger charge is -2.24. The summed E-state index contributed by atoms with van der Waals surface area (Å²) in [6, 6.07) is 9.72. The fraction of sp³-hybridized carbons (Fsp3) is 0.588. The van der Waals surface area contributed by atoms with E-state index in [0.29, 0.717) is 13.2 Å². The molecule has 1 amide bonds. The van der Waals surface area contributed by atoms with E-state index in [1.165, 1.54) is 0 Å². The van der Waals surface area contributed by atoms with Gasteiger partial charge in [-0.2, -0.15) is 0 Å². The average Bonchev–Trinajstić information content (AvgIpc) is 2.77. The van der Waals surface area contributed by atoms with Crippen LogP contribution >= 0.6 is 0 Å². The van der Waals surface area contributed by atoms with E-state index in [0.717, 1.165) is 18.4 Å². The first-order valence-corrected chi connectivity index (χ1v) is 7.86. The minimum absolute atomic E-state index is 0.114. The third kappa shape index (κ3) is 4.05. The largest absolute Gasteiger partial charge is 0.377 e. The summed E-state index contributed by atoms with van der Waals surface area (Å²) in [7, 11) is 0. The molecule has 0 aromatic heterocycles. The molecule has 1 saturated heterocycles. The lowest BCUT2D eigenvalue weighted by molar-refractivity contribution is -0.131. The van der Waals surface area contributed by atoms with Crippen molar-refractivity contribution < 1.29 is 9.53 Å². The Morgan fingerprint density at radius 3 is 2.62 bits per heavy atom. The van der Waals surface area contributed by atoms with Crippen molar-refractivity contribution >= 4 is 5.91 Å². The van der Waals surface area contributed by atoms with E-state index >= 15 is 0 Å². The molecule has 1 aromatic rings. The molecule has 0 saturated carbocycles. The monoisotopic (exact) mass is 290 g/mol. The molecule has 2 atom stereocenters. The molecule has 116 valence electrons. The normalized spacial score (nSPS) is 22.3. The Balaban J connectivity index is 2.05. The van der Waals surface area contributed by atoms with Crippen molar-refractivity contribution in [3.63, 3.8) is 0 Å². The van der Waals surface area contributed by atoms with Crippen molar-refractivity contribution in [2.24, 2.45) is 0 Å². The molecule has 2 rings (SSSR count). The first kappa shape index (κ1) is 16.0. The van der Waals surface area contributed by atoms with Gasteiger partial charge in [0.2, 0.25) is 5.91 Å². The topological polar surface area (TPSA) is 41.6 Å². The van der Waals surface area contributed by atoms with Gasteiger partial charge in [-0.25, -0.2) is 0 Å². The van der Waals surface area contributed by atoms with Crippen molar-refractivity contribution in [2.75, 3.05) is 13.2 Å². The molecule has 21 heavy (non-hydrogen) atoms. The number of carbonyl (C=O) groups is 1. The number of ether oxygens (including phenoxy) is 1. The maximum atomic E-state index is 12.7. The molecule has 2 unspecified atom stereocenters. The van der Waals surface area contributed by atoms with Gasteiger partial charge >= 0.3 is 0 Å². The third-order valence-corrected chi connectivity index (χ3v) is 3.74. The summed E-state index contributed by atoms with van der Waals surface area (Å²) in [4.78, 5) is 14.6. The lowest BCUT2D eigenvalue weighted by atomic mass is 10.1. The molecule has 1 heterocycles. The van der Waals surface area contributed by atoms with Crippen LogP contribution < -0.4 is 5.32 Å². The second-order valence-electron chi connectivity index (χ2n) is 5.77. The van der Waals surface area contributed by atoms with E-state index < -0.39 is 0 Å². The molecule has 0 radical (unpaired) electrons. The van der Waals surface area contributed by atoms with Crippen molar-refractivity contribution in [2.45, 2.75) is 51.9 Å². The Kier molecular flexibility index (Phi) is 5.76. The van der Waals surface area contributed by atoms with Gasteiger partial charge < -0.3 is 9.64 Å². The number of nitrogens with one attached hydrogen (secondary N) is 1. The molecule has 1 aliphatic heterocycles. The standard InChI is InChI=1S/C17H26N2O2/c1-4-8-15-18-16(14-9-6-5-7-10-14)17(20)19(15)11-12-21-13(2)3/h5-7,9-10,13,15-16,18H,4,8,11-12H2,1-3H3. The second-order valence-corrected chi connectivity index (χ2v) is 5.77. The fourth-order valence-electron chi connectivity index (χ4n) is 2.72. The second kappa shape index (κ2) is 7.57. The van der Waals surface area contributed by atoms with Crippen LogP contribution in [-0.2, 0) is 9.53 Å². The maximum absolute atomic E-state index is 12.7. The summed E-state index contributed by atoms with van der Waals surface area (Å²) in [6.07, 6.45) is 2.33. The Bertz CT molecular complexity index is 447. The molecule has 4 nitrogen and oxygen atoms in total. The van der Waals surface area contributed by atoms with E-state index in [1.54, 1.807) is 0 Å². The molecule has 1 N–H and O–H groups in total. The third-order valence-electron chi connectivity index (χ3n) is 3.74. The van der Waals surface area contributed by atoms with Gasteiger partial charge in [-0.05, 0) is 25.8 Å². The number of carbonyl (C=O) groups excluding carboxylic acids is 1. The summed E-state index contributed by atoms with van der Waals surface area (Å²) in [5.41, 5.74) is 1.04. The zero-order chi connectivity index (χ0) is 15.2. The van der Waals surface area contributed by atoms with Crippen molar-refractivity contribution in [3.05, 3.63) is 35.9 Å². The fourth-order valence-corrected chi connectivity index (χ4v) is 2.72. The quantitative estimate of drug-likeness (QED) is 0.839. The first-order chi connectivity index (χ1) is 10.1. The van der Waals surface area contributed by atoms with Gasteiger partial charge in [0, 0.05) is 6.54 Å². The zero-order valence-electron chi connectivity index (χ0n) is 13.2. The molecule has 0 spiro atoms. The SMILES string of the molecule is CCCC1NC(c2ccccc2)C(=O)N1CCOC(C)C. The predicted molar refractivity (Wildman–Crippen MR) is 83.8 cm³/mol. The molecule has 1 fully saturated rings. The van der Waals surface area contributed by atoms with Crippen molar-refractivity contribution in [1.82, 2.24) is 10.2 Å². The molecular formula is C17H26N2O2. The summed E-state index contributed by atoms with van der Waals surface area (Å²) in [6.45, 7) is 7.41. The van der Waals surface area contributed by atoms with Gasteiger partial charge in [0.25, 0.3) is 0 Å². The van der Waals surface area contributed by atoms with Crippen LogP contribution in [-0.4, -0.2) is 36.2 Å². The Morgan fingerprint density at radius 1 is 1.29 bits per heavy atom. The van der Waals surface area contributed by atoms with Gasteiger partial charge in [0.1, 0.15) is 6.04 Å². The van der Waals surface area contributed by atoms with E-state index in [9.17, 15) is 4.79 Å². The van der Waals surface area contributed by atoms with E-state index in [1.807, 2.05) is 49.1 Å². The van der Waals surface area contributed by atoms with Crippen LogP contribution in [0.1, 0.15) is 45.2 Å². The highest BCUT2D eigenvalue weighted by Crippen LogP contribution is 2.25. The number of hydrogen-bond donors (Lipinski definition) is 1. The van der Waals surface area contributed by atoms with E-state index in [4.69, 9.17) is 4.74 Å². The molecular weight excluding hydrogens is 264 g/mol. The molecule has 0 bridgehead atoms. The van der Waals surface area contributed by atoms with Crippen molar-refractivity contribution in [1.29, 1.82) is 0 Å². The highest BCUT2D eigenvalue weighted by molar-refractivity contribution is 5.85. The van der Waals surface area contributed by atoms with Crippen LogP contribution in [0.5, 0.6) is 0 Å². The van der Waals surface area contributed by atoms with Gasteiger partial charge in [0.15, 0.2) is 0 Å². The van der Waals surface area contributed by atoms with Crippen molar-refractivity contribution in [3.8, 4) is 0 Å². The van der Waals surface area contributed by atoms with E-state index in [2.05, 4.69) is 12.2 Å². The molecule has 1 aromatic carbocycles. The minimum Gasteiger partial charge on any atom is -0.377 e. The minimum atomic E-state index is -0.221.